The number of hydrogen-bond donors (Lipinski definition) is 0. The molecule has 1 rings (SSSR count). The molecule has 0 saturated heterocycles. The highest BCUT2D eigenvalue weighted by Gasteiger charge is 2.01. The SMILES string of the molecule is O.O=[N+]([O-])c1ccc(F)cc1. The molecule has 0 aliphatic rings. The lowest BCUT2D eigenvalue weighted by atomic mass is 10.3. The molecule has 5 heteroatoms. The van der Waals surface area contributed by atoms with E-state index in [-0.39, 0.29) is 11.2 Å². The van der Waals surface area contributed by atoms with Gasteiger partial charge in [-0.15, -0.1) is 0 Å². The molecule has 4 nitrogen and oxygen atoms in total. The van der Waals surface area contributed by atoms with Gasteiger partial charge in [-0.3, -0.25) is 10.1 Å². The number of nitro benzene ring substituents is 1. The molecule has 1 aromatic rings. The lowest BCUT2D eigenvalue weighted by Crippen LogP contribution is -1.86. The van der Waals surface area contributed by atoms with Crippen LogP contribution in [0.1, 0.15) is 0 Å². The van der Waals surface area contributed by atoms with Crippen LogP contribution in [0.5, 0.6) is 0 Å². The van der Waals surface area contributed by atoms with Crippen LogP contribution in [0.2, 0.25) is 0 Å². The molecule has 11 heavy (non-hydrogen) atoms. The minimum Gasteiger partial charge on any atom is -0.412 e. The summed E-state index contributed by atoms with van der Waals surface area (Å²) in [7, 11) is 0. The Morgan fingerprint density at radius 3 is 2.09 bits per heavy atom. The number of hydrogen-bond acceptors (Lipinski definition) is 2. The molecule has 60 valence electrons. The number of halogens is 1. The van der Waals surface area contributed by atoms with Crippen molar-refractivity contribution in [3.05, 3.63) is 40.2 Å². The second-order valence-electron chi connectivity index (χ2n) is 1.73. The number of rotatable bonds is 1. The van der Waals surface area contributed by atoms with Crippen molar-refractivity contribution in [3.8, 4) is 0 Å². The Labute approximate surface area is 61.7 Å². The minimum atomic E-state index is -0.570. The highest BCUT2D eigenvalue weighted by atomic mass is 19.1. The van der Waals surface area contributed by atoms with Gasteiger partial charge in [-0.25, -0.2) is 4.39 Å². The van der Waals surface area contributed by atoms with Gasteiger partial charge in [0.2, 0.25) is 0 Å². The van der Waals surface area contributed by atoms with E-state index in [1.54, 1.807) is 0 Å². The van der Waals surface area contributed by atoms with Gasteiger partial charge in [0.25, 0.3) is 5.69 Å². The molecule has 0 amide bonds. The number of nitro groups is 1. The third-order valence-electron chi connectivity index (χ3n) is 1.04. The smallest absolute Gasteiger partial charge is 0.269 e. The van der Waals surface area contributed by atoms with E-state index in [1.807, 2.05) is 0 Å². The van der Waals surface area contributed by atoms with Crippen molar-refractivity contribution in [1.82, 2.24) is 0 Å². The van der Waals surface area contributed by atoms with Gasteiger partial charge in [0.15, 0.2) is 0 Å². The van der Waals surface area contributed by atoms with Crippen LogP contribution in [-0.4, -0.2) is 10.4 Å². The first-order valence-corrected chi connectivity index (χ1v) is 2.60. The summed E-state index contributed by atoms with van der Waals surface area (Å²) < 4.78 is 12.1. The van der Waals surface area contributed by atoms with Gasteiger partial charge in [0, 0.05) is 12.1 Å². The predicted molar refractivity (Wildman–Crippen MR) is 36.7 cm³/mol. The van der Waals surface area contributed by atoms with E-state index >= 15 is 0 Å². The molecule has 0 aliphatic carbocycles. The van der Waals surface area contributed by atoms with E-state index in [0.29, 0.717) is 0 Å². The lowest BCUT2D eigenvalue weighted by molar-refractivity contribution is -0.384. The first-order chi connectivity index (χ1) is 4.70. The fourth-order valence-corrected chi connectivity index (χ4v) is 0.563. The first kappa shape index (κ1) is 9.51. The zero-order valence-electron chi connectivity index (χ0n) is 5.45. The third kappa shape index (κ3) is 2.30. The molecule has 0 bridgehead atoms. The van der Waals surface area contributed by atoms with Crippen LogP contribution in [0.25, 0.3) is 0 Å². The maximum atomic E-state index is 12.1. The van der Waals surface area contributed by atoms with E-state index in [0.717, 1.165) is 24.3 Å². The largest absolute Gasteiger partial charge is 0.412 e. The fourth-order valence-electron chi connectivity index (χ4n) is 0.563. The van der Waals surface area contributed by atoms with Crippen molar-refractivity contribution >= 4 is 5.69 Å². The van der Waals surface area contributed by atoms with Gasteiger partial charge in [0.05, 0.1) is 4.92 Å². The predicted octanol–water partition coefficient (Wildman–Crippen LogP) is 0.909. The topological polar surface area (TPSA) is 74.6 Å². The van der Waals surface area contributed by atoms with Crippen LogP contribution in [0.3, 0.4) is 0 Å². The van der Waals surface area contributed by atoms with Gasteiger partial charge in [-0.05, 0) is 12.1 Å². The molecule has 0 saturated carbocycles. The van der Waals surface area contributed by atoms with E-state index in [1.165, 1.54) is 0 Å². The molecule has 0 aliphatic heterocycles. The fraction of sp³-hybridized carbons (Fsp3) is 0. The molecule has 0 atom stereocenters. The molecule has 0 heterocycles. The Bertz CT molecular complexity index is 247. The number of nitrogens with zero attached hydrogens (tertiary/aromatic N) is 1. The van der Waals surface area contributed by atoms with E-state index in [2.05, 4.69) is 0 Å². The zero-order chi connectivity index (χ0) is 7.56. The molecule has 2 N–H and O–H groups in total. The van der Waals surface area contributed by atoms with Crippen molar-refractivity contribution in [2.75, 3.05) is 0 Å². The third-order valence-corrected chi connectivity index (χ3v) is 1.04. The molecule has 0 spiro atoms. The lowest BCUT2D eigenvalue weighted by Gasteiger charge is -1.87. The summed E-state index contributed by atoms with van der Waals surface area (Å²) in [5, 5.41) is 10.00. The Morgan fingerprint density at radius 1 is 1.27 bits per heavy atom. The summed E-state index contributed by atoms with van der Waals surface area (Å²) in [6, 6.07) is 4.35. The minimum absolute atomic E-state index is 0. The van der Waals surface area contributed by atoms with Crippen molar-refractivity contribution in [2.45, 2.75) is 0 Å². The molecule has 0 aromatic heterocycles. The quantitative estimate of drug-likeness (QED) is 0.451. The van der Waals surface area contributed by atoms with E-state index < -0.39 is 10.7 Å². The summed E-state index contributed by atoms with van der Waals surface area (Å²) in [5.74, 6) is -0.467. The summed E-state index contributed by atoms with van der Waals surface area (Å²) in [4.78, 5) is 9.43. The Hall–Kier alpha value is -1.49. The van der Waals surface area contributed by atoms with Gasteiger partial charge in [0.1, 0.15) is 5.82 Å². The average molecular weight is 159 g/mol. The van der Waals surface area contributed by atoms with Gasteiger partial charge in [-0.2, -0.15) is 0 Å². The highest BCUT2D eigenvalue weighted by molar-refractivity contribution is 5.28. The maximum Gasteiger partial charge on any atom is 0.269 e. The average Bonchev–Trinajstić information content (AvgIpc) is 1.88. The first-order valence-electron chi connectivity index (χ1n) is 2.60. The summed E-state index contributed by atoms with van der Waals surface area (Å²) >= 11 is 0. The Morgan fingerprint density at radius 2 is 1.73 bits per heavy atom. The van der Waals surface area contributed by atoms with Crippen LogP contribution in [0.4, 0.5) is 10.1 Å². The molecular formula is C6H6FNO3. The maximum absolute atomic E-state index is 12.1. The van der Waals surface area contributed by atoms with Crippen molar-refractivity contribution in [1.29, 1.82) is 0 Å². The highest BCUT2D eigenvalue weighted by Crippen LogP contribution is 2.09. The number of non-ortho nitro benzene ring substituents is 1. The van der Waals surface area contributed by atoms with Gasteiger partial charge >= 0.3 is 0 Å². The summed E-state index contributed by atoms with van der Waals surface area (Å²) in [6.07, 6.45) is 0. The van der Waals surface area contributed by atoms with Gasteiger partial charge < -0.3 is 5.48 Å². The van der Waals surface area contributed by atoms with Crippen LogP contribution in [0.15, 0.2) is 24.3 Å². The van der Waals surface area contributed by atoms with Crippen LogP contribution in [0, 0.1) is 15.9 Å². The molecule has 0 fully saturated rings. The summed E-state index contributed by atoms with van der Waals surface area (Å²) in [6.45, 7) is 0. The number of benzene rings is 1. The van der Waals surface area contributed by atoms with Crippen LogP contribution in [-0.2, 0) is 0 Å². The van der Waals surface area contributed by atoms with Crippen LogP contribution < -0.4 is 0 Å². The Kier molecular flexibility index (Phi) is 3.13. The van der Waals surface area contributed by atoms with Gasteiger partial charge in [-0.1, -0.05) is 0 Å². The molecular weight excluding hydrogens is 153 g/mol. The summed E-state index contributed by atoms with van der Waals surface area (Å²) in [5.41, 5.74) is -0.0959. The Balaban J connectivity index is 0.000001000. The second-order valence-corrected chi connectivity index (χ2v) is 1.73. The van der Waals surface area contributed by atoms with Crippen molar-refractivity contribution < 1.29 is 14.8 Å². The van der Waals surface area contributed by atoms with E-state index in [9.17, 15) is 14.5 Å². The van der Waals surface area contributed by atoms with Crippen LogP contribution >= 0.6 is 0 Å². The standard InChI is InChI=1S/C6H4FNO2.H2O/c7-5-1-3-6(4-2-5)8(9)10;/h1-4H;1H2. The monoisotopic (exact) mass is 159 g/mol. The molecule has 0 unspecified atom stereocenters. The molecule has 1 aromatic carbocycles. The van der Waals surface area contributed by atoms with Crippen molar-refractivity contribution in [2.24, 2.45) is 0 Å². The molecule has 0 radical (unpaired) electrons. The van der Waals surface area contributed by atoms with E-state index in [4.69, 9.17) is 0 Å². The second kappa shape index (κ2) is 3.62. The van der Waals surface area contributed by atoms with Crippen molar-refractivity contribution in [3.63, 3.8) is 0 Å². The zero-order valence-corrected chi connectivity index (χ0v) is 5.45. The normalized spacial score (nSPS) is 8.45.